The van der Waals surface area contributed by atoms with Crippen molar-refractivity contribution in [2.24, 2.45) is 0 Å². The summed E-state index contributed by atoms with van der Waals surface area (Å²) in [5.41, 5.74) is 1.79. The van der Waals surface area contributed by atoms with Crippen molar-refractivity contribution in [2.75, 3.05) is 21.3 Å². The van der Waals surface area contributed by atoms with Crippen LogP contribution in [0.5, 0.6) is 17.2 Å². The topological polar surface area (TPSA) is 95.7 Å². The van der Waals surface area contributed by atoms with E-state index < -0.39 is 11.9 Å². The first-order chi connectivity index (χ1) is 16.5. The van der Waals surface area contributed by atoms with Gasteiger partial charge in [0.2, 0.25) is 17.5 Å². The van der Waals surface area contributed by atoms with Gasteiger partial charge in [-0.05, 0) is 42.0 Å². The van der Waals surface area contributed by atoms with E-state index >= 15 is 0 Å². The van der Waals surface area contributed by atoms with Crippen molar-refractivity contribution in [2.45, 2.75) is 6.04 Å². The third kappa shape index (κ3) is 4.82. The summed E-state index contributed by atoms with van der Waals surface area (Å²) in [5, 5.41) is 11.9. The second kappa shape index (κ2) is 10.3. The summed E-state index contributed by atoms with van der Waals surface area (Å²) in [6, 6.07) is 18.8. The van der Waals surface area contributed by atoms with Crippen LogP contribution in [0.1, 0.15) is 27.9 Å². The third-order valence-corrected chi connectivity index (χ3v) is 5.37. The van der Waals surface area contributed by atoms with Crippen LogP contribution in [0.25, 0.3) is 11.5 Å². The summed E-state index contributed by atoms with van der Waals surface area (Å²) in [4.78, 5) is 13.3. The Labute approximate surface area is 201 Å². The van der Waals surface area contributed by atoms with Gasteiger partial charge in [0.15, 0.2) is 11.5 Å². The molecule has 0 aliphatic carbocycles. The Balaban J connectivity index is 1.70. The van der Waals surface area contributed by atoms with Gasteiger partial charge in [-0.15, -0.1) is 10.2 Å². The van der Waals surface area contributed by atoms with E-state index in [0.29, 0.717) is 39.3 Å². The molecule has 3 aromatic carbocycles. The molecule has 0 fully saturated rings. The SMILES string of the molecule is COc1cc(C(=O)NC(c2ccc(Cl)cc2)c2nnc(-c3ccccc3)o2)cc(OC)c1OC. The summed E-state index contributed by atoms with van der Waals surface area (Å²) in [7, 11) is 4.47. The maximum Gasteiger partial charge on any atom is 0.252 e. The summed E-state index contributed by atoms with van der Waals surface area (Å²) in [6.07, 6.45) is 0. The number of methoxy groups -OCH3 is 3. The number of nitrogens with zero attached hydrogens (tertiary/aromatic N) is 2. The van der Waals surface area contributed by atoms with E-state index in [9.17, 15) is 4.79 Å². The lowest BCUT2D eigenvalue weighted by Gasteiger charge is -2.18. The number of amides is 1. The maximum atomic E-state index is 13.3. The summed E-state index contributed by atoms with van der Waals surface area (Å²) in [5.74, 6) is 1.27. The Kier molecular flexibility index (Phi) is 6.98. The number of aromatic nitrogens is 2. The Morgan fingerprint density at radius 2 is 1.56 bits per heavy atom. The second-order valence-corrected chi connectivity index (χ2v) is 7.62. The maximum absolute atomic E-state index is 13.3. The molecule has 9 heteroatoms. The number of ether oxygens (including phenoxy) is 3. The Hall–Kier alpha value is -4.04. The van der Waals surface area contributed by atoms with E-state index in [0.717, 1.165) is 5.56 Å². The molecule has 0 radical (unpaired) electrons. The highest BCUT2D eigenvalue weighted by atomic mass is 35.5. The molecule has 0 spiro atoms. The van der Waals surface area contributed by atoms with Crippen molar-refractivity contribution in [3.8, 4) is 28.7 Å². The largest absolute Gasteiger partial charge is 0.493 e. The van der Waals surface area contributed by atoms with Crippen LogP contribution in [0, 0.1) is 0 Å². The first-order valence-corrected chi connectivity index (χ1v) is 10.7. The Bertz CT molecular complexity index is 1250. The van der Waals surface area contributed by atoms with Gasteiger partial charge in [-0.1, -0.05) is 41.9 Å². The van der Waals surface area contributed by atoms with Gasteiger partial charge in [-0.3, -0.25) is 4.79 Å². The lowest BCUT2D eigenvalue weighted by Crippen LogP contribution is -2.29. The molecule has 1 amide bonds. The molecule has 0 saturated heterocycles. The number of carbonyl (C=O) groups excluding carboxylic acids is 1. The Morgan fingerprint density at radius 1 is 0.912 bits per heavy atom. The highest BCUT2D eigenvalue weighted by Gasteiger charge is 2.25. The van der Waals surface area contributed by atoms with Crippen molar-refractivity contribution in [1.82, 2.24) is 15.5 Å². The predicted octanol–water partition coefficient (Wildman–Crippen LogP) is 4.94. The third-order valence-electron chi connectivity index (χ3n) is 5.11. The lowest BCUT2D eigenvalue weighted by molar-refractivity contribution is 0.0937. The minimum Gasteiger partial charge on any atom is -0.493 e. The highest BCUT2D eigenvalue weighted by Crippen LogP contribution is 2.38. The Morgan fingerprint density at radius 3 is 2.15 bits per heavy atom. The number of rotatable bonds is 8. The number of benzene rings is 3. The van der Waals surface area contributed by atoms with Gasteiger partial charge in [0.05, 0.1) is 21.3 Å². The zero-order valence-electron chi connectivity index (χ0n) is 18.7. The summed E-state index contributed by atoms with van der Waals surface area (Å²) >= 11 is 6.07. The minimum absolute atomic E-state index is 0.224. The van der Waals surface area contributed by atoms with Crippen LogP contribution in [0.4, 0.5) is 0 Å². The lowest BCUT2D eigenvalue weighted by atomic mass is 10.1. The fraction of sp³-hybridized carbons (Fsp3) is 0.160. The molecule has 174 valence electrons. The average molecular weight is 480 g/mol. The summed E-state index contributed by atoms with van der Waals surface area (Å²) in [6.45, 7) is 0. The number of nitrogens with one attached hydrogen (secondary N) is 1. The fourth-order valence-electron chi connectivity index (χ4n) is 3.42. The molecule has 0 aliphatic rings. The standard InChI is InChI=1S/C25H22ClN3O5/c1-31-19-13-17(14-20(32-2)22(19)33-3)23(30)27-21(15-9-11-18(26)12-10-15)25-29-28-24(34-25)16-7-5-4-6-8-16/h4-14,21H,1-3H3,(H,27,30). The van der Waals surface area contributed by atoms with Crippen molar-refractivity contribution in [1.29, 1.82) is 0 Å². The van der Waals surface area contributed by atoms with Crippen LogP contribution in [0.15, 0.2) is 71.1 Å². The predicted molar refractivity (Wildman–Crippen MR) is 127 cm³/mol. The van der Waals surface area contributed by atoms with Gasteiger partial charge < -0.3 is 23.9 Å². The van der Waals surface area contributed by atoms with Crippen LogP contribution >= 0.6 is 11.6 Å². The molecule has 0 saturated carbocycles. The molecule has 1 atom stereocenters. The molecule has 0 aliphatic heterocycles. The van der Waals surface area contributed by atoms with Crippen LogP contribution in [-0.2, 0) is 0 Å². The highest BCUT2D eigenvalue weighted by molar-refractivity contribution is 6.30. The van der Waals surface area contributed by atoms with Crippen molar-refractivity contribution >= 4 is 17.5 Å². The first kappa shape index (κ1) is 23.1. The minimum atomic E-state index is -0.728. The zero-order chi connectivity index (χ0) is 24.1. The van der Waals surface area contributed by atoms with Crippen molar-refractivity contribution < 1.29 is 23.4 Å². The van der Waals surface area contributed by atoms with Gasteiger partial charge in [-0.2, -0.15) is 0 Å². The molecule has 1 heterocycles. The molecular weight excluding hydrogens is 458 g/mol. The van der Waals surface area contributed by atoms with Crippen LogP contribution < -0.4 is 19.5 Å². The molecule has 34 heavy (non-hydrogen) atoms. The van der Waals surface area contributed by atoms with E-state index in [1.807, 2.05) is 30.3 Å². The molecule has 8 nitrogen and oxygen atoms in total. The van der Waals surface area contributed by atoms with E-state index in [2.05, 4.69) is 15.5 Å². The van der Waals surface area contributed by atoms with Gasteiger partial charge in [0.25, 0.3) is 5.91 Å². The van der Waals surface area contributed by atoms with Crippen LogP contribution in [0.2, 0.25) is 5.02 Å². The number of hydrogen-bond acceptors (Lipinski definition) is 7. The van der Waals surface area contributed by atoms with Gasteiger partial charge >= 0.3 is 0 Å². The molecular formula is C25H22ClN3O5. The van der Waals surface area contributed by atoms with E-state index in [4.69, 9.17) is 30.2 Å². The number of hydrogen-bond donors (Lipinski definition) is 1. The molecule has 1 unspecified atom stereocenters. The van der Waals surface area contributed by atoms with Crippen molar-refractivity contribution in [3.63, 3.8) is 0 Å². The second-order valence-electron chi connectivity index (χ2n) is 7.18. The van der Waals surface area contributed by atoms with Gasteiger partial charge in [0.1, 0.15) is 6.04 Å². The molecule has 4 rings (SSSR count). The molecule has 0 bridgehead atoms. The van der Waals surface area contributed by atoms with Gasteiger partial charge in [0, 0.05) is 16.1 Å². The number of halogens is 1. The average Bonchev–Trinajstić information content (AvgIpc) is 3.37. The summed E-state index contributed by atoms with van der Waals surface area (Å²) < 4.78 is 22.0. The first-order valence-electron chi connectivity index (χ1n) is 10.3. The zero-order valence-corrected chi connectivity index (χ0v) is 19.5. The molecule has 1 N–H and O–H groups in total. The number of carbonyl (C=O) groups is 1. The van der Waals surface area contributed by atoms with Crippen LogP contribution in [0.3, 0.4) is 0 Å². The van der Waals surface area contributed by atoms with E-state index in [-0.39, 0.29) is 5.89 Å². The van der Waals surface area contributed by atoms with Crippen LogP contribution in [-0.4, -0.2) is 37.4 Å². The van der Waals surface area contributed by atoms with E-state index in [1.165, 1.54) is 21.3 Å². The van der Waals surface area contributed by atoms with Gasteiger partial charge in [-0.25, -0.2) is 0 Å². The smallest absolute Gasteiger partial charge is 0.252 e. The normalized spacial score (nSPS) is 11.5. The quantitative estimate of drug-likeness (QED) is 0.382. The fourth-order valence-corrected chi connectivity index (χ4v) is 3.54. The van der Waals surface area contributed by atoms with E-state index in [1.54, 1.807) is 36.4 Å². The van der Waals surface area contributed by atoms with Crippen molar-refractivity contribution in [3.05, 3.63) is 88.8 Å². The molecule has 1 aromatic heterocycles. The molecule has 4 aromatic rings. The monoisotopic (exact) mass is 479 g/mol.